The number of hydrogen-bond acceptors (Lipinski definition) is 3. The summed E-state index contributed by atoms with van der Waals surface area (Å²) in [7, 11) is 0. The summed E-state index contributed by atoms with van der Waals surface area (Å²) in [5, 5.41) is 3.21. The minimum Gasteiger partial charge on any atom is -0.325 e. The van der Waals surface area contributed by atoms with Gasteiger partial charge in [-0.2, -0.15) is 0 Å². The maximum absolute atomic E-state index is 13.7. The molecule has 2 atom stereocenters. The first kappa shape index (κ1) is 17.4. The van der Waals surface area contributed by atoms with E-state index >= 15 is 0 Å². The number of rotatable bonds is 2. The second-order valence-electron chi connectivity index (χ2n) is 8.92. The van der Waals surface area contributed by atoms with Crippen LogP contribution in [0.5, 0.6) is 0 Å². The van der Waals surface area contributed by atoms with E-state index in [-0.39, 0.29) is 17.2 Å². The summed E-state index contributed by atoms with van der Waals surface area (Å²) in [5.74, 6) is 0.316. The van der Waals surface area contributed by atoms with Gasteiger partial charge in [-0.05, 0) is 67.5 Å². The van der Waals surface area contributed by atoms with Gasteiger partial charge in [0, 0.05) is 11.6 Å². The maximum Gasteiger partial charge on any atom is 0.237 e. The molecule has 1 N–H and O–H groups in total. The molecule has 1 heterocycles. The summed E-state index contributed by atoms with van der Waals surface area (Å²) in [6.45, 7) is 8.57. The van der Waals surface area contributed by atoms with Gasteiger partial charge in [0.05, 0.1) is 27.8 Å². The predicted octanol–water partition coefficient (Wildman–Crippen LogP) is 5.04. The third-order valence-corrected chi connectivity index (χ3v) is 7.26. The standard InChI is InChI=1S/C24H25N3O/c1-14-9-10-16(13-15(14)2)25-22(28)24-12-11-17(23(24,3)4)20-21(24)27-19-8-6-5-7-18(19)26-20/h5-10,13,17H,11-12H2,1-4H3,(H,25,28). The average Bonchev–Trinajstić information content (AvgIpc) is 3.05. The van der Waals surface area contributed by atoms with Gasteiger partial charge in [-0.15, -0.1) is 0 Å². The largest absolute Gasteiger partial charge is 0.325 e. The smallest absolute Gasteiger partial charge is 0.237 e. The number of aryl methyl sites for hydroxylation is 2. The third-order valence-electron chi connectivity index (χ3n) is 7.26. The summed E-state index contributed by atoms with van der Waals surface area (Å²) < 4.78 is 0. The van der Waals surface area contributed by atoms with Gasteiger partial charge < -0.3 is 5.32 Å². The summed E-state index contributed by atoms with van der Waals surface area (Å²) in [6.07, 6.45) is 1.80. The van der Waals surface area contributed by atoms with E-state index in [2.05, 4.69) is 39.1 Å². The van der Waals surface area contributed by atoms with Gasteiger partial charge in [-0.1, -0.05) is 32.0 Å². The number of hydrogen-bond donors (Lipinski definition) is 1. The lowest BCUT2D eigenvalue weighted by atomic mass is 9.67. The number of nitrogens with one attached hydrogen (secondary N) is 1. The quantitative estimate of drug-likeness (QED) is 0.686. The number of nitrogens with zero attached hydrogens (tertiary/aromatic N) is 2. The SMILES string of the molecule is Cc1ccc(NC(=O)C23CCC(c4nc5ccccc5nc42)C3(C)C)cc1C. The second kappa shape index (κ2) is 5.63. The molecule has 1 saturated carbocycles. The molecule has 2 aliphatic carbocycles. The van der Waals surface area contributed by atoms with Crippen molar-refractivity contribution >= 4 is 22.6 Å². The van der Waals surface area contributed by atoms with Crippen LogP contribution in [0.4, 0.5) is 5.69 Å². The highest BCUT2D eigenvalue weighted by Crippen LogP contribution is 2.67. The zero-order valence-corrected chi connectivity index (χ0v) is 16.8. The molecule has 0 radical (unpaired) electrons. The molecule has 3 aromatic rings. The Morgan fingerprint density at radius 2 is 1.75 bits per heavy atom. The Morgan fingerprint density at radius 3 is 2.46 bits per heavy atom. The van der Waals surface area contributed by atoms with Crippen molar-refractivity contribution in [3.8, 4) is 0 Å². The van der Waals surface area contributed by atoms with Crippen LogP contribution < -0.4 is 5.32 Å². The van der Waals surface area contributed by atoms with E-state index in [1.54, 1.807) is 0 Å². The number of aromatic nitrogens is 2. The lowest BCUT2D eigenvalue weighted by Gasteiger charge is -2.36. The van der Waals surface area contributed by atoms with E-state index in [1.165, 1.54) is 11.1 Å². The van der Waals surface area contributed by atoms with Gasteiger partial charge in [0.15, 0.2) is 0 Å². The van der Waals surface area contributed by atoms with Crippen LogP contribution in [0.3, 0.4) is 0 Å². The molecule has 0 saturated heterocycles. The Labute approximate surface area is 165 Å². The van der Waals surface area contributed by atoms with E-state index in [0.717, 1.165) is 41.0 Å². The Balaban J connectivity index is 1.64. The van der Waals surface area contributed by atoms with E-state index in [0.29, 0.717) is 0 Å². The molecule has 142 valence electrons. The van der Waals surface area contributed by atoms with Crippen molar-refractivity contribution in [2.45, 2.75) is 51.9 Å². The highest BCUT2D eigenvalue weighted by molar-refractivity contribution is 6.01. The molecule has 2 aliphatic rings. The molecule has 1 fully saturated rings. The van der Waals surface area contributed by atoms with Crippen LogP contribution in [-0.4, -0.2) is 15.9 Å². The van der Waals surface area contributed by atoms with Gasteiger partial charge in [0.25, 0.3) is 0 Å². The second-order valence-corrected chi connectivity index (χ2v) is 8.92. The molecule has 1 amide bonds. The van der Waals surface area contributed by atoms with Crippen LogP contribution in [0.15, 0.2) is 42.5 Å². The highest BCUT2D eigenvalue weighted by Gasteiger charge is 2.67. The fraction of sp³-hybridized carbons (Fsp3) is 0.375. The Hall–Kier alpha value is -2.75. The van der Waals surface area contributed by atoms with E-state index in [4.69, 9.17) is 9.97 Å². The van der Waals surface area contributed by atoms with Crippen LogP contribution in [0.25, 0.3) is 11.0 Å². The third kappa shape index (κ3) is 2.09. The molecule has 2 bridgehead atoms. The topological polar surface area (TPSA) is 54.9 Å². The maximum atomic E-state index is 13.7. The van der Waals surface area contributed by atoms with Crippen LogP contribution in [0, 0.1) is 19.3 Å². The molecule has 28 heavy (non-hydrogen) atoms. The van der Waals surface area contributed by atoms with Gasteiger partial charge >= 0.3 is 0 Å². The van der Waals surface area contributed by atoms with Crippen LogP contribution in [0.1, 0.15) is 55.1 Å². The minimum absolute atomic E-state index is 0.0478. The fourth-order valence-corrected chi connectivity index (χ4v) is 5.38. The van der Waals surface area contributed by atoms with E-state index in [9.17, 15) is 4.79 Å². The molecule has 0 spiro atoms. The van der Waals surface area contributed by atoms with Gasteiger partial charge in [-0.25, -0.2) is 9.97 Å². The molecule has 2 unspecified atom stereocenters. The van der Waals surface area contributed by atoms with E-state index in [1.807, 2.05) is 36.4 Å². The number of carbonyl (C=O) groups is 1. The van der Waals surface area contributed by atoms with Crippen molar-refractivity contribution in [2.24, 2.45) is 5.41 Å². The van der Waals surface area contributed by atoms with Crippen LogP contribution in [-0.2, 0) is 10.2 Å². The first-order chi connectivity index (χ1) is 13.3. The van der Waals surface area contributed by atoms with Gasteiger partial charge in [0.2, 0.25) is 5.91 Å². The van der Waals surface area contributed by atoms with Gasteiger partial charge in [0.1, 0.15) is 0 Å². The van der Waals surface area contributed by atoms with E-state index < -0.39 is 5.41 Å². The van der Waals surface area contributed by atoms with Crippen molar-refractivity contribution in [3.05, 3.63) is 65.0 Å². The normalized spacial score (nSPS) is 24.4. The summed E-state index contributed by atoms with van der Waals surface area (Å²) in [6, 6.07) is 14.0. The number of benzene rings is 2. The predicted molar refractivity (Wildman–Crippen MR) is 112 cm³/mol. The van der Waals surface area contributed by atoms with Crippen molar-refractivity contribution in [1.29, 1.82) is 0 Å². The molecular formula is C24H25N3O. The van der Waals surface area contributed by atoms with Crippen molar-refractivity contribution in [1.82, 2.24) is 9.97 Å². The molecule has 4 heteroatoms. The fourth-order valence-electron chi connectivity index (χ4n) is 5.38. The number of para-hydroxylation sites is 2. The summed E-state index contributed by atoms with van der Waals surface area (Å²) in [5.41, 5.74) is 6.08. The molecule has 0 aliphatic heterocycles. The summed E-state index contributed by atoms with van der Waals surface area (Å²) >= 11 is 0. The number of anilines is 1. The summed E-state index contributed by atoms with van der Waals surface area (Å²) in [4.78, 5) is 23.7. The monoisotopic (exact) mass is 371 g/mol. The molecule has 2 aromatic carbocycles. The van der Waals surface area contributed by atoms with Gasteiger partial charge in [-0.3, -0.25) is 4.79 Å². The minimum atomic E-state index is -0.636. The Kier molecular flexibility index (Phi) is 3.49. The number of carbonyl (C=O) groups excluding carboxylic acids is 1. The lowest BCUT2D eigenvalue weighted by Crippen LogP contribution is -2.46. The zero-order chi connectivity index (χ0) is 19.7. The molecule has 5 rings (SSSR count). The molecule has 1 aromatic heterocycles. The zero-order valence-electron chi connectivity index (χ0n) is 16.8. The number of fused-ring (bicyclic) bond motifs is 6. The first-order valence-electron chi connectivity index (χ1n) is 10.0. The van der Waals surface area contributed by atoms with Crippen molar-refractivity contribution < 1.29 is 4.79 Å². The van der Waals surface area contributed by atoms with Crippen molar-refractivity contribution in [3.63, 3.8) is 0 Å². The van der Waals surface area contributed by atoms with Crippen LogP contribution >= 0.6 is 0 Å². The first-order valence-corrected chi connectivity index (χ1v) is 10.0. The Bertz CT molecular complexity index is 1130. The van der Waals surface area contributed by atoms with Crippen molar-refractivity contribution in [2.75, 3.05) is 5.32 Å². The Morgan fingerprint density at radius 1 is 1.04 bits per heavy atom. The number of amides is 1. The molecular weight excluding hydrogens is 346 g/mol. The molecule has 4 nitrogen and oxygen atoms in total. The lowest BCUT2D eigenvalue weighted by molar-refractivity contribution is -0.124. The highest BCUT2D eigenvalue weighted by atomic mass is 16.2. The average molecular weight is 371 g/mol. The van der Waals surface area contributed by atoms with Crippen LogP contribution in [0.2, 0.25) is 0 Å².